The molecule has 0 unspecified atom stereocenters. The second-order valence-electron chi connectivity index (χ2n) is 7.26. The van der Waals surface area contributed by atoms with Crippen molar-refractivity contribution in [3.63, 3.8) is 0 Å². The monoisotopic (exact) mass is 487 g/mol. The normalized spacial score (nSPS) is 13.1. The fraction of sp³-hybridized carbons (Fsp3) is 0.0833. The van der Waals surface area contributed by atoms with Crippen LogP contribution in [0.25, 0.3) is 0 Å². The van der Waals surface area contributed by atoms with Gasteiger partial charge >= 0.3 is 12.1 Å². The number of Topliss-reactive ketones (excluding diaryl/α,β-unsaturated/α-hetero) is 1. The van der Waals surface area contributed by atoms with Gasteiger partial charge in [-0.15, -0.1) is 0 Å². The molecule has 172 valence electrons. The molecule has 10 heteroatoms. The van der Waals surface area contributed by atoms with Crippen molar-refractivity contribution >= 4 is 40.9 Å². The Hall–Kier alpha value is -3.98. The van der Waals surface area contributed by atoms with Crippen molar-refractivity contribution in [1.82, 2.24) is 0 Å². The van der Waals surface area contributed by atoms with Crippen LogP contribution in [-0.2, 0) is 10.9 Å². The van der Waals surface area contributed by atoms with Crippen LogP contribution in [-0.4, -0.2) is 30.2 Å². The molecule has 34 heavy (non-hydrogen) atoms. The molecule has 1 heterocycles. The van der Waals surface area contributed by atoms with E-state index in [2.05, 4.69) is 0 Å². The van der Waals surface area contributed by atoms with Crippen LogP contribution in [0.3, 0.4) is 0 Å². The quantitative estimate of drug-likeness (QED) is 0.281. The van der Waals surface area contributed by atoms with Gasteiger partial charge in [-0.25, -0.2) is 9.69 Å². The molecule has 0 radical (unpaired) electrons. The third-order valence-electron chi connectivity index (χ3n) is 5.05. The number of anilines is 1. The Bertz CT molecular complexity index is 1340. The minimum atomic E-state index is -4.66. The van der Waals surface area contributed by atoms with E-state index in [1.807, 2.05) is 0 Å². The lowest BCUT2D eigenvalue weighted by molar-refractivity contribution is -0.137. The zero-order chi connectivity index (χ0) is 24.6. The van der Waals surface area contributed by atoms with E-state index in [1.165, 1.54) is 42.5 Å². The molecule has 2 amide bonds. The molecule has 0 N–H and O–H groups in total. The summed E-state index contributed by atoms with van der Waals surface area (Å²) >= 11 is 5.77. The molecule has 0 aliphatic carbocycles. The number of benzene rings is 3. The van der Waals surface area contributed by atoms with Crippen LogP contribution in [0, 0.1) is 0 Å². The van der Waals surface area contributed by atoms with Crippen molar-refractivity contribution in [3.8, 4) is 0 Å². The molecule has 0 saturated heterocycles. The lowest BCUT2D eigenvalue weighted by Crippen LogP contribution is -2.29. The van der Waals surface area contributed by atoms with E-state index < -0.39 is 41.9 Å². The van der Waals surface area contributed by atoms with Gasteiger partial charge in [-0.3, -0.25) is 14.4 Å². The highest BCUT2D eigenvalue weighted by atomic mass is 35.5. The maximum atomic E-state index is 13.0. The third-order valence-corrected chi connectivity index (χ3v) is 5.31. The van der Waals surface area contributed by atoms with Gasteiger partial charge in [0.2, 0.25) is 0 Å². The zero-order valence-electron chi connectivity index (χ0n) is 17.1. The number of rotatable bonds is 5. The molecule has 0 atom stereocenters. The van der Waals surface area contributed by atoms with Crippen LogP contribution >= 0.6 is 11.6 Å². The second kappa shape index (κ2) is 8.75. The molecular formula is C24H13ClF3NO5. The van der Waals surface area contributed by atoms with Crippen LogP contribution in [0.15, 0.2) is 66.7 Å². The lowest BCUT2D eigenvalue weighted by Gasteiger charge is -2.16. The number of fused-ring (bicyclic) bond motifs is 1. The highest BCUT2D eigenvalue weighted by Gasteiger charge is 2.39. The Kier molecular flexibility index (Phi) is 5.97. The molecule has 1 aliphatic rings. The van der Waals surface area contributed by atoms with Gasteiger partial charge in [0, 0.05) is 10.6 Å². The summed E-state index contributed by atoms with van der Waals surface area (Å²) in [6.07, 6.45) is -4.66. The molecule has 0 saturated carbocycles. The minimum absolute atomic E-state index is 0.0730. The molecule has 0 fully saturated rings. The number of nitrogens with zero attached hydrogens (tertiary/aromatic N) is 1. The average Bonchev–Trinajstić information content (AvgIpc) is 3.06. The van der Waals surface area contributed by atoms with Crippen LogP contribution in [0.5, 0.6) is 0 Å². The summed E-state index contributed by atoms with van der Waals surface area (Å²) in [6.45, 7) is -0.569. The number of ether oxygens (including phenoxy) is 1. The Morgan fingerprint density at radius 1 is 0.853 bits per heavy atom. The predicted molar refractivity (Wildman–Crippen MR) is 115 cm³/mol. The largest absolute Gasteiger partial charge is 0.454 e. The van der Waals surface area contributed by atoms with E-state index in [0.717, 1.165) is 18.2 Å². The molecule has 3 aromatic carbocycles. The summed E-state index contributed by atoms with van der Waals surface area (Å²) in [7, 11) is 0. The molecular weight excluding hydrogens is 475 g/mol. The SMILES string of the molecule is O=C(COC(=O)c1ccc2c(c1)C(=O)N(c1cccc(C(F)(F)F)c1)C2=O)c1ccc(Cl)cc1. The van der Waals surface area contributed by atoms with E-state index >= 15 is 0 Å². The van der Waals surface area contributed by atoms with Crippen molar-refractivity contribution in [3.05, 3.63) is 99.6 Å². The van der Waals surface area contributed by atoms with Crippen molar-refractivity contribution in [1.29, 1.82) is 0 Å². The first-order valence-corrected chi connectivity index (χ1v) is 10.1. The third kappa shape index (κ3) is 4.42. The fourth-order valence-electron chi connectivity index (χ4n) is 3.36. The summed E-state index contributed by atoms with van der Waals surface area (Å²) < 4.78 is 44.1. The van der Waals surface area contributed by atoms with E-state index in [1.54, 1.807) is 0 Å². The maximum absolute atomic E-state index is 13.0. The Morgan fingerprint density at radius 3 is 2.18 bits per heavy atom. The smallest absolute Gasteiger partial charge is 0.416 e. The van der Waals surface area contributed by atoms with Crippen molar-refractivity contribution in [2.45, 2.75) is 6.18 Å². The standard InChI is InChI=1S/C24H13ClF3NO5/c25-16-7-4-13(5-8-16)20(30)12-34-23(33)14-6-9-18-19(10-14)22(32)29(21(18)31)17-3-1-2-15(11-17)24(26,27)28/h1-11H,12H2. The number of amides is 2. The molecule has 0 aromatic heterocycles. The Balaban J connectivity index is 1.52. The first kappa shape index (κ1) is 23.2. The molecule has 0 bridgehead atoms. The van der Waals surface area contributed by atoms with Crippen LogP contribution in [0.2, 0.25) is 5.02 Å². The number of hydrogen-bond acceptors (Lipinski definition) is 5. The first-order valence-electron chi connectivity index (χ1n) is 9.72. The van der Waals surface area contributed by atoms with E-state index in [9.17, 15) is 32.3 Å². The number of hydrogen-bond donors (Lipinski definition) is 0. The molecule has 6 nitrogen and oxygen atoms in total. The lowest BCUT2D eigenvalue weighted by atomic mass is 10.1. The molecule has 1 aliphatic heterocycles. The molecule has 4 rings (SSSR count). The number of esters is 1. The first-order chi connectivity index (χ1) is 16.1. The zero-order valence-corrected chi connectivity index (χ0v) is 17.8. The van der Waals surface area contributed by atoms with Gasteiger partial charge in [-0.05, 0) is 60.7 Å². The van der Waals surface area contributed by atoms with E-state index in [-0.39, 0.29) is 27.9 Å². The van der Waals surface area contributed by atoms with Gasteiger partial charge in [-0.2, -0.15) is 13.2 Å². The molecule has 3 aromatic rings. The number of carbonyl (C=O) groups excluding carboxylic acids is 4. The summed E-state index contributed by atoms with van der Waals surface area (Å²) in [5, 5.41) is 0.435. The van der Waals surface area contributed by atoms with Crippen molar-refractivity contribution < 1.29 is 37.1 Å². The highest BCUT2D eigenvalue weighted by Crippen LogP contribution is 2.34. The predicted octanol–water partition coefficient (Wildman–Crippen LogP) is 5.20. The minimum Gasteiger partial charge on any atom is -0.454 e. The number of alkyl halides is 3. The summed E-state index contributed by atoms with van der Waals surface area (Å²) in [6, 6.07) is 13.3. The van der Waals surface area contributed by atoms with Gasteiger partial charge in [0.05, 0.1) is 27.9 Å². The highest BCUT2D eigenvalue weighted by molar-refractivity contribution is 6.34. The van der Waals surface area contributed by atoms with Crippen molar-refractivity contribution in [2.75, 3.05) is 11.5 Å². The number of halogens is 4. The Morgan fingerprint density at radius 2 is 1.50 bits per heavy atom. The maximum Gasteiger partial charge on any atom is 0.416 e. The second-order valence-corrected chi connectivity index (χ2v) is 7.70. The van der Waals surface area contributed by atoms with Crippen LogP contribution in [0.4, 0.5) is 18.9 Å². The number of ketones is 1. The average molecular weight is 488 g/mol. The molecule has 0 spiro atoms. The van der Waals surface area contributed by atoms with Crippen LogP contribution < -0.4 is 4.90 Å². The van der Waals surface area contributed by atoms with Crippen molar-refractivity contribution in [2.24, 2.45) is 0 Å². The summed E-state index contributed by atoms with van der Waals surface area (Å²) in [5.74, 6) is -3.10. The summed E-state index contributed by atoms with van der Waals surface area (Å²) in [4.78, 5) is 50.7. The summed E-state index contributed by atoms with van der Waals surface area (Å²) in [5.41, 5.74) is -1.33. The van der Waals surface area contributed by atoms with E-state index in [4.69, 9.17) is 16.3 Å². The number of imide groups is 1. The van der Waals surface area contributed by atoms with Crippen LogP contribution in [0.1, 0.15) is 47.0 Å². The van der Waals surface area contributed by atoms with Gasteiger partial charge in [0.1, 0.15) is 0 Å². The Labute approximate surface area is 195 Å². The van der Waals surface area contributed by atoms with Gasteiger partial charge in [0.25, 0.3) is 11.8 Å². The van der Waals surface area contributed by atoms with Gasteiger partial charge in [-0.1, -0.05) is 17.7 Å². The fourth-order valence-corrected chi connectivity index (χ4v) is 3.48. The van der Waals surface area contributed by atoms with E-state index in [0.29, 0.717) is 16.0 Å². The topological polar surface area (TPSA) is 80.8 Å². The van der Waals surface area contributed by atoms with Gasteiger partial charge in [0.15, 0.2) is 12.4 Å². The number of carbonyl (C=O) groups is 4. The van der Waals surface area contributed by atoms with Gasteiger partial charge < -0.3 is 4.74 Å².